The van der Waals surface area contributed by atoms with E-state index in [0.717, 1.165) is 11.1 Å². The Balaban J connectivity index is 0.000000323. The van der Waals surface area contributed by atoms with Crippen LogP contribution in [0.5, 0.6) is 0 Å². The third-order valence-electron chi connectivity index (χ3n) is 3.44. The van der Waals surface area contributed by atoms with E-state index in [-0.39, 0.29) is 5.97 Å². The van der Waals surface area contributed by atoms with Crippen LogP contribution in [0.2, 0.25) is 20.1 Å². The Morgan fingerprint density at radius 2 is 1.25 bits per heavy atom. The van der Waals surface area contributed by atoms with Gasteiger partial charge in [0.05, 0.1) is 6.61 Å². The zero-order chi connectivity index (χ0) is 23.9. The Bertz CT molecular complexity index is 1040. The van der Waals surface area contributed by atoms with Crippen molar-refractivity contribution in [3.63, 3.8) is 0 Å². The van der Waals surface area contributed by atoms with Crippen LogP contribution in [0.4, 0.5) is 0 Å². The van der Waals surface area contributed by atoms with Gasteiger partial charge in [-0.05, 0) is 60.0 Å². The summed E-state index contributed by atoms with van der Waals surface area (Å²) in [6.07, 6.45) is 12.7. The molecule has 0 aliphatic carbocycles. The molecule has 2 aromatic rings. The molecule has 0 saturated heterocycles. The molecule has 0 unspecified atom stereocenters. The van der Waals surface area contributed by atoms with Gasteiger partial charge in [0.2, 0.25) is 5.24 Å². The van der Waals surface area contributed by atoms with E-state index in [9.17, 15) is 9.59 Å². The van der Waals surface area contributed by atoms with Gasteiger partial charge in [-0.3, -0.25) is 4.79 Å². The first-order chi connectivity index (χ1) is 15.2. The second kappa shape index (κ2) is 15.7. The van der Waals surface area contributed by atoms with Crippen molar-refractivity contribution in [3.8, 4) is 0 Å². The van der Waals surface area contributed by atoms with Gasteiger partial charge in [-0.15, -0.1) is 0 Å². The summed E-state index contributed by atoms with van der Waals surface area (Å²) >= 11 is 28.5. The molecule has 32 heavy (non-hydrogen) atoms. The monoisotopic (exact) mass is 530 g/mol. The molecule has 168 valence electrons. The summed E-state index contributed by atoms with van der Waals surface area (Å²) in [4.78, 5) is 21.3. The highest BCUT2D eigenvalue weighted by atomic mass is 35.5. The van der Waals surface area contributed by atoms with Crippen LogP contribution >= 0.6 is 58.0 Å². The van der Waals surface area contributed by atoms with Gasteiger partial charge in [-0.25, -0.2) is 4.79 Å². The molecule has 0 aliphatic heterocycles. The number of hydrogen-bond donors (Lipinski definition) is 0. The van der Waals surface area contributed by atoms with Crippen molar-refractivity contribution in [1.29, 1.82) is 0 Å². The minimum absolute atomic E-state index is 0.362. The van der Waals surface area contributed by atoms with Crippen LogP contribution < -0.4 is 0 Å². The molecule has 0 bridgehead atoms. The van der Waals surface area contributed by atoms with Crippen LogP contribution in [0.15, 0.2) is 72.9 Å². The second-order valence-electron chi connectivity index (χ2n) is 5.82. The lowest BCUT2D eigenvalue weighted by Crippen LogP contribution is -1.98. The largest absolute Gasteiger partial charge is 0.463 e. The molecule has 2 aromatic carbocycles. The number of halogens is 5. The predicted octanol–water partition coefficient (Wildman–Crippen LogP) is 8.45. The number of hydrogen-bond acceptors (Lipinski definition) is 3. The number of ether oxygens (including phenoxy) is 1. The highest BCUT2D eigenvalue weighted by Crippen LogP contribution is 2.22. The fourth-order valence-electron chi connectivity index (χ4n) is 2.05. The summed E-state index contributed by atoms with van der Waals surface area (Å²) in [6, 6.07) is 10.4. The average molecular weight is 533 g/mol. The molecule has 2 rings (SSSR count). The summed E-state index contributed by atoms with van der Waals surface area (Å²) in [5.74, 6) is -0.362. The fourth-order valence-corrected chi connectivity index (χ4v) is 3.06. The zero-order valence-electron chi connectivity index (χ0n) is 16.9. The minimum atomic E-state index is -0.512. The number of allylic oxidation sites excluding steroid dienone is 5. The van der Waals surface area contributed by atoms with E-state index in [2.05, 4.69) is 0 Å². The third-order valence-corrected chi connectivity index (χ3v) is 4.70. The molecule has 3 nitrogen and oxygen atoms in total. The summed E-state index contributed by atoms with van der Waals surface area (Å²) < 4.78 is 4.73. The van der Waals surface area contributed by atoms with Crippen molar-refractivity contribution in [3.05, 3.63) is 104 Å². The molecular formula is C24H19Cl5O3. The lowest BCUT2D eigenvalue weighted by atomic mass is 10.2. The van der Waals surface area contributed by atoms with E-state index in [1.54, 1.807) is 79.8 Å². The van der Waals surface area contributed by atoms with Crippen LogP contribution in [0, 0.1) is 0 Å². The van der Waals surface area contributed by atoms with Crippen LogP contribution in [0.3, 0.4) is 0 Å². The smallest absolute Gasteiger partial charge is 0.330 e. The molecular weight excluding hydrogens is 514 g/mol. The number of carbonyl (C=O) groups is 2. The van der Waals surface area contributed by atoms with Gasteiger partial charge in [0.15, 0.2) is 0 Å². The fraction of sp³-hybridized carbons (Fsp3) is 0.0833. The molecule has 0 aromatic heterocycles. The van der Waals surface area contributed by atoms with E-state index in [1.807, 2.05) is 0 Å². The van der Waals surface area contributed by atoms with Crippen LogP contribution in [-0.4, -0.2) is 17.8 Å². The van der Waals surface area contributed by atoms with Gasteiger partial charge in [0, 0.05) is 26.2 Å². The average Bonchev–Trinajstić information content (AvgIpc) is 2.72. The van der Waals surface area contributed by atoms with Gasteiger partial charge in [-0.2, -0.15) is 0 Å². The van der Waals surface area contributed by atoms with E-state index >= 15 is 0 Å². The molecule has 0 fully saturated rings. The lowest BCUT2D eigenvalue weighted by Gasteiger charge is -1.97. The normalized spacial score (nSPS) is 11.3. The second-order valence-corrected chi connectivity index (χ2v) is 7.88. The highest BCUT2D eigenvalue weighted by Gasteiger charge is 1.97. The zero-order valence-corrected chi connectivity index (χ0v) is 20.7. The maximum Gasteiger partial charge on any atom is 0.330 e. The summed E-state index contributed by atoms with van der Waals surface area (Å²) in [5, 5.41) is 1.79. The standard InChI is InChI=1S/C13H12Cl2O2.C11H7Cl3O/c1-2-17-13(16)6-4-3-5-10-7-8-11(14)9-12(10)15;12-9-6-5-8(10(13)7-9)3-1-2-4-11(14)15/h3-9H,2H2,1H3;1-7H/b5-3+,6-4+;3-1+,4-2+. The van der Waals surface area contributed by atoms with Gasteiger partial charge >= 0.3 is 5.97 Å². The first kappa shape index (κ1) is 28.0. The Hall–Kier alpha value is -2.01. The van der Waals surface area contributed by atoms with Crippen LogP contribution in [0.1, 0.15) is 18.1 Å². The van der Waals surface area contributed by atoms with Crippen LogP contribution in [0.25, 0.3) is 12.2 Å². The van der Waals surface area contributed by atoms with Crippen molar-refractivity contribution < 1.29 is 14.3 Å². The van der Waals surface area contributed by atoms with Gasteiger partial charge in [0.1, 0.15) is 0 Å². The van der Waals surface area contributed by atoms with E-state index in [0.29, 0.717) is 26.7 Å². The van der Waals surface area contributed by atoms with E-state index < -0.39 is 5.24 Å². The number of carbonyl (C=O) groups excluding carboxylic acids is 2. The van der Waals surface area contributed by atoms with Crippen molar-refractivity contribution in [1.82, 2.24) is 0 Å². The molecule has 0 radical (unpaired) electrons. The highest BCUT2D eigenvalue weighted by molar-refractivity contribution is 6.66. The number of esters is 1. The van der Waals surface area contributed by atoms with Crippen molar-refractivity contribution >= 4 is 81.4 Å². The maximum atomic E-state index is 11.0. The molecule has 8 heteroatoms. The molecule has 0 N–H and O–H groups in total. The van der Waals surface area contributed by atoms with Crippen molar-refractivity contribution in [2.75, 3.05) is 6.61 Å². The molecule has 0 aliphatic rings. The van der Waals surface area contributed by atoms with Gasteiger partial charge in [-0.1, -0.05) is 95.0 Å². The van der Waals surface area contributed by atoms with Gasteiger partial charge < -0.3 is 4.74 Å². The Kier molecular flexibility index (Phi) is 13.8. The Morgan fingerprint density at radius 1 is 0.781 bits per heavy atom. The maximum absolute atomic E-state index is 11.0. The minimum Gasteiger partial charge on any atom is -0.463 e. The molecule has 0 spiro atoms. The van der Waals surface area contributed by atoms with Crippen molar-refractivity contribution in [2.45, 2.75) is 6.92 Å². The quantitative estimate of drug-likeness (QED) is 0.155. The predicted molar refractivity (Wildman–Crippen MR) is 137 cm³/mol. The third kappa shape index (κ3) is 12.1. The Morgan fingerprint density at radius 3 is 1.66 bits per heavy atom. The lowest BCUT2D eigenvalue weighted by molar-refractivity contribution is -0.137. The molecule has 0 saturated carbocycles. The number of benzene rings is 2. The molecule has 0 atom stereocenters. The summed E-state index contributed by atoms with van der Waals surface area (Å²) in [5.41, 5.74) is 1.66. The topological polar surface area (TPSA) is 43.4 Å². The summed E-state index contributed by atoms with van der Waals surface area (Å²) in [7, 11) is 0. The first-order valence-electron chi connectivity index (χ1n) is 9.18. The van der Waals surface area contributed by atoms with Gasteiger partial charge in [0.25, 0.3) is 0 Å². The first-order valence-corrected chi connectivity index (χ1v) is 11.1. The summed E-state index contributed by atoms with van der Waals surface area (Å²) in [6.45, 7) is 2.13. The van der Waals surface area contributed by atoms with Crippen molar-refractivity contribution in [2.24, 2.45) is 0 Å². The molecule has 0 heterocycles. The van der Waals surface area contributed by atoms with E-state index in [1.165, 1.54) is 12.2 Å². The van der Waals surface area contributed by atoms with E-state index in [4.69, 9.17) is 62.7 Å². The van der Waals surface area contributed by atoms with Crippen LogP contribution in [-0.2, 0) is 14.3 Å². The Labute approximate surface area is 212 Å². The number of rotatable bonds is 7. The molecule has 0 amide bonds. The SMILES string of the molecule is CCOC(=O)/C=C/C=C/c1ccc(Cl)cc1Cl.O=C(Cl)/C=C/C=C/c1ccc(Cl)cc1Cl.